The molecule has 3 nitrogen and oxygen atoms in total. The molecule has 0 saturated carbocycles. The molecule has 49 heavy (non-hydrogen) atoms. The van der Waals surface area contributed by atoms with E-state index in [1.165, 1.54) is 11.1 Å². The minimum Gasteiger partial charge on any atom is -0.456 e. The SMILES string of the molecule is c1ccc(-c2ccc(N(c3ccc(-c4cccc5oc6ccccc6c45)cc3)c3c4ccccc4cc4c3oc3ccccc34)cc2)cc1. The first-order chi connectivity index (χ1) is 24.3. The van der Waals surface area contributed by atoms with E-state index in [1.54, 1.807) is 0 Å². The second-order valence-corrected chi connectivity index (χ2v) is 12.5. The molecular weight excluding hydrogens is 599 g/mol. The number of hydrogen-bond acceptors (Lipinski definition) is 3. The number of hydrogen-bond donors (Lipinski definition) is 0. The molecule has 0 bridgehead atoms. The minimum atomic E-state index is 0.866. The van der Waals surface area contributed by atoms with Crippen molar-refractivity contribution < 1.29 is 8.83 Å². The molecular formula is C46H29NO2. The third-order valence-electron chi connectivity index (χ3n) is 9.66. The predicted octanol–water partition coefficient (Wildman–Crippen LogP) is 13.4. The first-order valence-corrected chi connectivity index (χ1v) is 16.6. The van der Waals surface area contributed by atoms with Crippen LogP contribution in [0.3, 0.4) is 0 Å². The lowest BCUT2D eigenvalue weighted by Gasteiger charge is -2.27. The lowest BCUT2D eigenvalue weighted by molar-refractivity contribution is 0.669. The van der Waals surface area contributed by atoms with Crippen LogP contribution in [0.1, 0.15) is 0 Å². The summed E-state index contributed by atoms with van der Waals surface area (Å²) in [5, 5.41) is 6.76. The van der Waals surface area contributed by atoms with Crippen molar-refractivity contribution in [3.63, 3.8) is 0 Å². The van der Waals surface area contributed by atoms with Gasteiger partial charge in [0.15, 0.2) is 5.58 Å². The Bertz CT molecular complexity index is 2810. The van der Waals surface area contributed by atoms with Gasteiger partial charge < -0.3 is 13.7 Å². The summed E-state index contributed by atoms with van der Waals surface area (Å²) < 4.78 is 13.0. The summed E-state index contributed by atoms with van der Waals surface area (Å²) in [6, 6.07) is 62.0. The summed E-state index contributed by atoms with van der Waals surface area (Å²) >= 11 is 0. The summed E-state index contributed by atoms with van der Waals surface area (Å²) in [4.78, 5) is 2.35. The maximum absolute atomic E-state index is 6.73. The molecule has 0 fully saturated rings. The van der Waals surface area contributed by atoms with Gasteiger partial charge in [-0.3, -0.25) is 0 Å². The summed E-state index contributed by atoms with van der Waals surface area (Å²) in [6.45, 7) is 0. The van der Waals surface area contributed by atoms with E-state index in [1.807, 2.05) is 24.3 Å². The Kier molecular flexibility index (Phi) is 6.18. The zero-order valence-corrected chi connectivity index (χ0v) is 26.5. The van der Waals surface area contributed by atoms with Crippen molar-refractivity contribution in [1.29, 1.82) is 0 Å². The van der Waals surface area contributed by atoms with Crippen LogP contribution in [0, 0.1) is 0 Å². The van der Waals surface area contributed by atoms with Crippen molar-refractivity contribution in [2.75, 3.05) is 4.90 Å². The Labute approximate surface area is 282 Å². The van der Waals surface area contributed by atoms with Crippen molar-refractivity contribution in [3.8, 4) is 22.3 Å². The maximum atomic E-state index is 6.73. The molecule has 2 heterocycles. The molecule has 0 aliphatic rings. The van der Waals surface area contributed by atoms with Crippen LogP contribution in [0.25, 0.3) is 76.9 Å². The van der Waals surface area contributed by atoms with Crippen LogP contribution in [0.5, 0.6) is 0 Å². The van der Waals surface area contributed by atoms with E-state index in [4.69, 9.17) is 8.83 Å². The third kappa shape index (κ3) is 4.44. The Morgan fingerprint density at radius 2 is 0.939 bits per heavy atom. The van der Waals surface area contributed by atoms with Gasteiger partial charge in [0.25, 0.3) is 0 Å². The van der Waals surface area contributed by atoms with Crippen LogP contribution in [-0.4, -0.2) is 0 Å². The van der Waals surface area contributed by atoms with E-state index in [0.717, 1.165) is 82.8 Å². The Morgan fingerprint density at radius 3 is 1.69 bits per heavy atom. The molecule has 230 valence electrons. The fraction of sp³-hybridized carbons (Fsp3) is 0. The largest absolute Gasteiger partial charge is 0.456 e. The smallest absolute Gasteiger partial charge is 0.160 e. The molecule has 0 aliphatic carbocycles. The molecule has 0 aliphatic heterocycles. The van der Waals surface area contributed by atoms with E-state index in [9.17, 15) is 0 Å². The highest BCUT2D eigenvalue weighted by molar-refractivity contribution is 6.19. The van der Waals surface area contributed by atoms with Gasteiger partial charge >= 0.3 is 0 Å². The average molecular weight is 628 g/mol. The fourth-order valence-electron chi connectivity index (χ4n) is 7.37. The van der Waals surface area contributed by atoms with Gasteiger partial charge in [-0.1, -0.05) is 127 Å². The Hall–Kier alpha value is -6.58. The number of rotatable bonds is 5. The van der Waals surface area contributed by atoms with E-state index in [0.29, 0.717) is 0 Å². The second kappa shape index (κ2) is 11.0. The lowest BCUT2D eigenvalue weighted by Crippen LogP contribution is -2.11. The number of fused-ring (bicyclic) bond motifs is 7. The standard InChI is InChI=1S/C46H29NO2/c1-2-11-30(12-3-1)31-21-25-34(26-22-31)47(45-37-14-5-4-13-33(37)29-40-38-15-6-8-18-41(38)49-46(40)45)35-27-23-32(24-28-35)36-17-10-20-43-44(36)39-16-7-9-19-42(39)48-43/h1-29H. The van der Waals surface area contributed by atoms with Crippen LogP contribution in [0.4, 0.5) is 17.1 Å². The van der Waals surface area contributed by atoms with Gasteiger partial charge in [0.05, 0.1) is 5.69 Å². The molecule has 3 heteroatoms. The zero-order chi connectivity index (χ0) is 32.3. The highest BCUT2D eigenvalue weighted by Crippen LogP contribution is 2.47. The van der Waals surface area contributed by atoms with Crippen molar-refractivity contribution >= 4 is 71.7 Å². The summed E-state index contributed by atoms with van der Waals surface area (Å²) in [5.74, 6) is 0. The van der Waals surface area contributed by atoms with Crippen molar-refractivity contribution in [2.24, 2.45) is 0 Å². The first kappa shape index (κ1) is 27.5. The summed E-state index contributed by atoms with van der Waals surface area (Å²) in [5.41, 5.74) is 11.3. The highest BCUT2D eigenvalue weighted by Gasteiger charge is 2.23. The second-order valence-electron chi connectivity index (χ2n) is 12.5. The van der Waals surface area contributed by atoms with Crippen LogP contribution in [0.2, 0.25) is 0 Å². The van der Waals surface area contributed by atoms with Gasteiger partial charge in [0.2, 0.25) is 0 Å². The number of furan rings is 2. The predicted molar refractivity (Wildman–Crippen MR) is 204 cm³/mol. The topological polar surface area (TPSA) is 29.5 Å². The molecule has 0 radical (unpaired) electrons. The number of para-hydroxylation sites is 2. The molecule has 0 unspecified atom stereocenters. The van der Waals surface area contributed by atoms with E-state index >= 15 is 0 Å². The molecule has 10 rings (SSSR count). The minimum absolute atomic E-state index is 0.866. The van der Waals surface area contributed by atoms with E-state index < -0.39 is 0 Å². The van der Waals surface area contributed by atoms with Gasteiger partial charge in [-0.25, -0.2) is 0 Å². The van der Waals surface area contributed by atoms with Crippen LogP contribution >= 0.6 is 0 Å². The quantitative estimate of drug-likeness (QED) is 0.190. The number of benzene rings is 8. The molecule has 2 aromatic heterocycles. The van der Waals surface area contributed by atoms with Crippen molar-refractivity contribution in [2.45, 2.75) is 0 Å². The summed E-state index contributed by atoms with van der Waals surface area (Å²) in [7, 11) is 0. The van der Waals surface area contributed by atoms with Gasteiger partial charge in [-0.05, 0) is 76.2 Å². The van der Waals surface area contributed by atoms with E-state index in [2.05, 4.69) is 157 Å². The number of nitrogens with zero attached hydrogens (tertiary/aromatic N) is 1. The highest BCUT2D eigenvalue weighted by atomic mass is 16.3. The van der Waals surface area contributed by atoms with Crippen LogP contribution < -0.4 is 4.90 Å². The third-order valence-corrected chi connectivity index (χ3v) is 9.66. The van der Waals surface area contributed by atoms with Gasteiger partial charge in [0, 0.05) is 38.3 Å². The van der Waals surface area contributed by atoms with Crippen molar-refractivity contribution in [3.05, 3.63) is 176 Å². The maximum Gasteiger partial charge on any atom is 0.160 e. The van der Waals surface area contributed by atoms with Crippen molar-refractivity contribution in [1.82, 2.24) is 0 Å². The summed E-state index contributed by atoms with van der Waals surface area (Å²) in [6.07, 6.45) is 0. The van der Waals surface area contributed by atoms with Crippen LogP contribution in [0.15, 0.2) is 185 Å². The molecule has 0 amide bonds. The first-order valence-electron chi connectivity index (χ1n) is 16.6. The molecule has 0 spiro atoms. The lowest BCUT2D eigenvalue weighted by atomic mass is 9.98. The van der Waals surface area contributed by atoms with Gasteiger partial charge in [0.1, 0.15) is 16.7 Å². The molecule has 0 atom stereocenters. The normalized spacial score (nSPS) is 11.7. The Morgan fingerprint density at radius 1 is 0.367 bits per heavy atom. The van der Waals surface area contributed by atoms with Crippen LogP contribution in [-0.2, 0) is 0 Å². The van der Waals surface area contributed by atoms with Gasteiger partial charge in [-0.15, -0.1) is 0 Å². The van der Waals surface area contributed by atoms with E-state index in [-0.39, 0.29) is 0 Å². The molecule has 0 saturated heterocycles. The van der Waals surface area contributed by atoms with Gasteiger partial charge in [-0.2, -0.15) is 0 Å². The number of anilines is 3. The monoisotopic (exact) mass is 627 g/mol. The molecule has 8 aromatic carbocycles. The molecule has 0 N–H and O–H groups in total. The fourth-order valence-corrected chi connectivity index (χ4v) is 7.37. The zero-order valence-electron chi connectivity index (χ0n) is 26.5. The molecule has 10 aromatic rings. The average Bonchev–Trinajstić information content (AvgIpc) is 3.74. The Balaban J connectivity index is 1.20.